The molecule has 0 spiro atoms. The number of hydrogen-bond donors (Lipinski definition) is 1. The SMILES string of the molecule is CN1CCC(C(CC(=O)O)c2ccccn2)C1. The number of hydrogen-bond acceptors (Lipinski definition) is 3. The highest BCUT2D eigenvalue weighted by atomic mass is 16.4. The van der Waals surface area contributed by atoms with E-state index in [0.29, 0.717) is 5.92 Å². The highest BCUT2D eigenvalue weighted by Gasteiger charge is 2.31. The molecule has 2 unspecified atom stereocenters. The second-order valence-corrected chi connectivity index (χ2v) is 4.77. The number of aromatic nitrogens is 1. The Balaban J connectivity index is 2.16. The average molecular weight is 234 g/mol. The lowest BCUT2D eigenvalue weighted by Gasteiger charge is -2.21. The number of pyridine rings is 1. The molecule has 1 aromatic heterocycles. The Kier molecular flexibility index (Phi) is 3.74. The van der Waals surface area contributed by atoms with Crippen molar-refractivity contribution in [3.8, 4) is 0 Å². The van der Waals surface area contributed by atoms with Gasteiger partial charge in [0.15, 0.2) is 0 Å². The van der Waals surface area contributed by atoms with E-state index in [9.17, 15) is 4.79 Å². The second kappa shape index (κ2) is 5.27. The molecule has 1 fully saturated rings. The monoisotopic (exact) mass is 234 g/mol. The number of carboxylic acid groups (broad SMARTS) is 1. The van der Waals surface area contributed by atoms with Crippen LogP contribution in [0.2, 0.25) is 0 Å². The maximum atomic E-state index is 11.0. The Morgan fingerprint density at radius 2 is 2.47 bits per heavy atom. The molecular formula is C13H18N2O2. The van der Waals surface area contributed by atoms with Crippen molar-refractivity contribution >= 4 is 5.97 Å². The van der Waals surface area contributed by atoms with E-state index in [1.54, 1.807) is 6.20 Å². The first kappa shape index (κ1) is 12.0. The predicted octanol–water partition coefficient (Wildman–Crippen LogP) is 1.59. The van der Waals surface area contributed by atoms with Crippen LogP contribution in [0.1, 0.15) is 24.5 Å². The number of rotatable bonds is 4. The Bertz CT molecular complexity index is 380. The van der Waals surface area contributed by atoms with Gasteiger partial charge in [0.2, 0.25) is 0 Å². The first-order valence-electron chi connectivity index (χ1n) is 5.98. The molecule has 0 aromatic carbocycles. The van der Waals surface area contributed by atoms with Gasteiger partial charge >= 0.3 is 5.97 Å². The lowest BCUT2D eigenvalue weighted by Crippen LogP contribution is -2.21. The molecule has 1 aliphatic heterocycles. The smallest absolute Gasteiger partial charge is 0.304 e. The van der Waals surface area contributed by atoms with Crippen molar-refractivity contribution in [2.45, 2.75) is 18.8 Å². The molecule has 0 aliphatic carbocycles. The topological polar surface area (TPSA) is 53.4 Å². The molecule has 0 amide bonds. The van der Waals surface area contributed by atoms with Crippen LogP contribution < -0.4 is 0 Å². The fourth-order valence-corrected chi connectivity index (χ4v) is 2.59. The quantitative estimate of drug-likeness (QED) is 0.859. The standard InChI is InChI=1S/C13H18N2O2/c1-15-7-5-10(9-15)11(8-13(16)17)12-4-2-3-6-14-12/h2-4,6,10-11H,5,7-9H2,1H3,(H,16,17). The van der Waals surface area contributed by atoms with Gasteiger partial charge in [-0.25, -0.2) is 0 Å². The summed E-state index contributed by atoms with van der Waals surface area (Å²) in [6.07, 6.45) is 2.98. The van der Waals surface area contributed by atoms with Crippen LogP contribution in [0.5, 0.6) is 0 Å². The van der Waals surface area contributed by atoms with Crippen LogP contribution in [-0.4, -0.2) is 41.1 Å². The molecule has 2 heterocycles. The van der Waals surface area contributed by atoms with E-state index in [1.807, 2.05) is 18.2 Å². The maximum absolute atomic E-state index is 11.0. The highest BCUT2D eigenvalue weighted by Crippen LogP contribution is 2.33. The van der Waals surface area contributed by atoms with Gasteiger partial charge < -0.3 is 10.0 Å². The molecule has 2 rings (SSSR count). The van der Waals surface area contributed by atoms with Gasteiger partial charge in [-0.05, 0) is 38.1 Å². The van der Waals surface area contributed by atoms with Crippen LogP contribution in [0.15, 0.2) is 24.4 Å². The summed E-state index contributed by atoms with van der Waals surface area (Å²) in [4.78, 5) is 17.6. The third-order valence-electron chi connectivity index (χ3n) is 3.46. The summed E-state index contributed by atoms with van der Waals surface area (Å²) >= 11 is 0. The molecule has 0 radical (unpaired) electrons. The van der Waals surface area contributed by atoms with E-state index in [-0.39, 0.29) is 12.3 Å². The summed E-state index contributed by atoms with van der Waals surface area (Å²) in [5.74, 6) is -0.292. The van der Waals surface area contributed by atoms with Gasteiger partial charge in [-0.2, -0.15) is 0 Å². The van der Waals surface area contributed by atoms with Gasteiger partial charge in [0, 0.05) is 24.4 Å². The molecule has 1 aromatic rings. The summed E-state index contributed by atoms with van der Waals surface area (Å²) in [7, 11) is 2.08. The van der Waals surface area contributed by atoms with Crippen LogP contribution in [0.25, 0.3) is 0 Å². The van der Waals surface area contributed by atoms with Crippen LogP contribution in [0.3, 0.4) is 0 Å². The summed E-state index contributed by atoms with van der Waals surface area (Å²) in [5, 5.41) is 9.03. The van der Waals surface area contributed by atoms with Crippen molar-refractivity contribution in [2.75, 3.05) is 20.1 Å². The largest absolute Gasteiger partial charge is 0.481 e. The molecule has 0 bridgehead atoms. The van der Waals surface area contributed by atoms with Gasteiger partial charge in [-0.3, -0.25) is 9.78 Å². The molecule has 4 nitrogen and oxygen atoms in total. The zero-order valence-corrected chi connectivity index (χ0v) is 10.0. The van der Waals surface area contributed by atoms with Crippen LogP contribution in [0, 0.1) is 5.92 Å². The summed E-state index contributed by atoms with van der Waals surface area (Å²) in [5.41, 5.74) is 0.912. The number of carbonyl (C=O) groups is 1. The molecule has 1 N–H and O–H groups in total. The van der Waals surface area contributed by atoms with Gasteiger partial charge in [-0.1, -0.05) is 6.07 Å². The van der Waals surface area contributed by atoms with Crippen LogP contribution in [0.4, 0.5) is 0 Å². The Morgan fingerprint density at radius 1 is 1.65 bits per heavy atom. The average Bonchev–Trinajstić information content (AvgIpc) is 2.73. The third-order valence-corrected chi connectivity index (χ3v) is 3.46. The van der Waals surface area contributed by atoms with E-state index in [4.69, 9.17) is 5.11 Å². The van der Waals surface area contributed by atoms with Gasteiger partial charge in [0.1, 0.15) is 0 Å². The predicted molar refractivity (Wildman–Crippen MR) is 64.8 cm³/mol. The van der Waals surface area contributed by atoms with E-state index in [2.05, 4.69) is 16.9 Å². The molecule has 0 saturated carbocycles. The molecule has 1 saturated heterocycles. The van der Waals surface area contributed by atoms with Crippen molar-refractivity contribution in [1.82, 2.24) is 9.88 Å². The van der Waals surface area contributed by atoms with Crippen molar-refractivity contribution < 1.29 is 9.90 Å². The summed E-state index contributed by atoms with van der Waals surface area (Å²) < 4.78 is 0. The summed E-state index contributed by atoms with van der Waals surface area (Å²) in [6, 6.07) is 5.73. The van der Waals surface area contributed by atoms with E-state index in [1.165, 1.54) is 0 Å². The van der Waals surface area contributed by atoms with Crippen molar-refractivity contribution in [3.05, 3.63) is 30.1 Å². The minimum absolute atomic E-state index is 0.0404. The third kappa shape index (κ3) is 3.03. The van der Waals surface area contributed by atoms with E-state index in [0.717, 1.165) is 25.2 Å². The van der Waals surface area contributed by atoms with E-state index >= 15 is 0 Å². The second-order valence-electron chi connectivity index (χ2n) is 4.77. The zero-order chi connectivity index (χ0) is 12.3. The number of aliphatic carboxylic acids is 1. The normalized spacial score (nSPS) is 22.5. The highest BCUT2D eigenvalue weighted by molar-refractivity contribution is 5.68. The van der Waals surface area contributed by atoms with Crippen LogP contribution >= 0.6 is 0 Å². The van der Waals surface area contributed by atoms with Gasteiger partial charge in [0.05, 0.1) is 6.42 Å². The van der Waals surface area contributed by atoms with Crippen molar-refractivity contribution in [1.29, 1.82) is 0 Å². The Hall–Kier alpha value is -1.42. The molecule has 17 heavy (non-hydrogen) atoms. The fraction of sp³-hybridized carbons (Fsp3) is 0.538. The van der Waals surface area contributed by atoms with Gasteiger partial charge in [0.25, 0.3) is 0 Å². The van der Waals surface area contributed by atoms with Crippen LogP contribution in [-0.2, 0) is 4.79 Å². The van der Waals surface area contributed by atoms with Crippen molar-refractivity contribution in [3.63, 3.8) is 0 Å². The Morgan fingerprint density at radius 3 is 3.00 bits per heavy atom. The molecule has 4 heteroatoms. The minimum atomic E-state index is -0.741. The number of carboxylic acids is 1. The fourth-order valence-electron chi connectivity index (χ4n) is 2.59. The molecule has 92 valence electrons. The van der Waals surface area contributed by atoms with E-state index < -0.39 is 5.97 Å². The first-order chi connectivity index (χ1) is 8.16. The zero-order valence-electron chi connectivity index (χ0n) is 10.0. The maximum Gasteiger partial charge on any atom is 0.304 e. The lowest BCUT2D eigenvalue weighted by molar-refractivity contribution is -0.137. The number of nitrogens with zero attached hydrogens (tertiary/aromatic N) is 2. The van der Waals surface area contributed by atoms with Gasteiger partial charge in [-0.15, -0.1) is 0 Å². The summed E-state index contributed by atoms with van der Waals surface area (Å²) in [6.45, 7) is 2.02. The molecule has 1 aliphatic rings. The number of likely N-dealkylation sites (tertiary alicyclic amines) is 1. The molecular weight excluding hydrogens is 216 g/mol. The lowest BCUT2D eigenvalue weighted by atomic mass is 9.86. The molecule has 2 atom stereocenters. The minimum Gasteiger partial charge on any atom is -0.481 e. The Labute approximate surface area is 101 Å². The van der Waals surface area contributed by atoms with Crippen molar-refractivity contribution in [2.24, 2.45) is 5.92 Å². The first-order valence-corrected chi connectivity index (χ1v) is 5.98.